The number of rotatable bonds is 2. The molecule has 5 nitrogen and oxygen atoms in total. The summed E-state index contributed by atoms with van der Waals surface area (Å²) in [6.45, 7) is 11.0. The molecule has 3 unspecified atom stereocenters. The fraction of sp³-hybridized carbons (Fsp3) is 0.778. The van der Waals surface area contributed by atoms with Gasteiger partial charge in [-0.05, 0) is 30.7 Å². The van der Waals surface area contributed by atoms with Gasteiger partial charge in [0.2, 0.25) is 0 Å². The first-order valence-corrected chi connectivity index (χ1v) is 8.78. The van der Waals surface area contributed by atoms with E-state index in [4.69, 9.17) is 4.74 Å². The maximum atomic E-state index is 5.52. The maximum absolute atomic E-state index is 5.52. The first-order chi connectivity index (χ1) is 10.9. The molecule has 3 aliphatic heterocycles. The number of hydrogen-bond acceptors (Lipinski definition) is 5. The first-order valence-electron chi connectivity index (χ1n) is 8.78. The molecule has 126 valence electrons. The van der Waals surface area contributed by atoms with Gasteiger partial charge in [-0.25, -0.2) is 9.97 Å². The topological polar surface area (TPSA) is 41.5 Å². The molecule has 2 bridgehead atoms. The Kier molecular flexibility index (Phi) is 3.61. The Hall–Kier alpha value is -1.20. The zero-order chi connectivity index (χ0) is 16.1. The van der Waals surface area contributed by atoms with Crippen molar-refractivity contribution in [3.63, 3.8) is 0 Å². The lowest BCUT2D eigenvalue weighted by Crippen LogP contribution is -2.61. The van der Waals surface area contributed by atoms with Crippen LogP contribution in [0.25, 0.3) is 0 Å². The highest BCUT2D eigenvalue weighted by Gasteiger charge is 2.47. The second kappa shape index (κ2) is 5.42. The minimum Gasteiger partial charge on any atom is -0.381 e. The van der Waals surface area contributed by atoms with Gasteiger partial charge in [-0.15, -0.1) is 0 Å². The van der Waals surface area contributed by atoms with Crippen molar-refractivity contribution in [2.75, 3.05) is 51.3 Å². The second-order valence-electron chi connectivity index (χ2n) is 8.69. The van der Waals surface area contributed by atoms with Crippen LogP contribution in [0, 0.1) is 10.8 Å². The van der Waals surface area contributed by atoms with Crippen molar-refractivity contribution in [1.29, 1.82) is 0 Å². The van der Waals surface area contributed by atoms with Gasteiger partial charge in [0.15, 0.2) is 0 Å². The van der Waals surface area contributed by atoms with Crippen LogP contribution < -0.4 is 4.90 Å². The SMILES string of the molecule is CN1CC2(C)CN(c3cc(C4CCOC4)ncn3)CC(C)(C1)C2. The number of fused-ring (bicyclic) bond motifs is 2. The average molecular weight is 316 g/mol. The van der Waals surface area contributed by atoms with Crippen molar-refractivity contribution in [2.45, 2.75) is 32.6 Å². The highest BCUT2D eigenvalue weighted by atomic mass is 16.5. The summed E-state index contributed by atoms with van der Waals surface area (Å²) in [6.07, 6.45) is 4.14. The van der Waals surface area contributed by atoms with Crippen LogP contribution in [0.5, 0.6) is 0 Å². The molecule has 5 heteroatoms. The molecule has 0 aromatic carbocycles. The minimum absolute atomic E-state index is 0.349. The van der Waals surface area contributed by atoms with E-state index in [0.717, 1.165) is 44.2 Å². The van der Waals surface area contributed by atoms with E-state index >= 15 is 0 Å². The maximum Gasteiger partial charge on any atom is 0.132 e. The molecule has 23 heavy (non-hydrogen) atoms. The Balaban J connectivity index is 1.60. The van der Waals surface area contributed by atoms with Crippen LogP contribution in [0.15, 0.2) is 12.4 Å². The highest BCUT2D eigenvalue weighted by molar-refractivity contribution is 5.42. The molecule has 0 amide bonds. The Bertz CT molecular complexity index is 568. The molecule has 0 spiro atoms. The third-order valence-corrected chi connectivity index (χ3v) is 5.65. The number of hydrogen-bond donors (Lipinski definition) is 0. The molecule has 1 aromatic rings. The van der Waals surface area contributed by atoms with Crippen molar-refractivity contribution in [3.05, 3.63) is 18.1 Å². The van der Waals surface area contributed by atoms with E-state index in [1.807, 2.05) is 0 Å². The zero-order valence-electron chi connectivity index (χ0n) is 14.6. The van der Waals surface area contributed by atoms with Crippen LogP contribution in [0.1, 0.15) is 38.3 Å². The summed E-state index contributed by atoms with van der Waals surface area (Å²) in [6, 6.07) is 2.21. The van der Waals surface area contributed by atoms with Crippen molar-refractivity contribution >= 4 is 5.82 Å². The van der Waals surface area contributed by atoms with E-state index in [1.54, 1.807) is 6.33 Å². The van der Waals surface area contributed by atoms with Crippen LogP contribution >= 0.6 is 0 Å². The van der Waals surface area contributed by atoms with Gasteiger partial charge in [0, 0.05) is 44.8 Å². The molecule has 3 saturated heterocycles. The fourth-order valence-corrected chi connectivity index (χ4v) is 5.38. The second-order valence-corrected chi connectivity index (χ2v) is 8.69. The molecule has 3 atom stereocenters. The smallest absolute Gasteiger partial charge is 0.132 e. The number of nitrogens with zero attached hydrogens (tertiary/aromatic N) is 4. The molecule has 3 fully saturated rings. The molecule has 1 aromatic heterocycles. The summed E-state index contributed by atoms with van der Waals surface area (Å²) in [5, 5.41) is 0. The molecule has 3 aliphatic rings. The zero-order valence-corrected chi connectivity index (χ0v) is 14.6. The summed E-state index contributed by atoms with van der Waals surface area (Å²) in [4.78, 5) is 14.1. The van der Waals surface area contributed by atoms with Crippen molar-refractivity contribution in [2.24, 2.45) is 10.8 Å². The third-order valence-electron chi connectivity index (χ3n) is 5.65. The minimum atomic E-state index is 0.349. The number of anilines is 1. The predicted octanol–water partition coefficient (Wildman–Crippen LogP) is 2.15. The standard InChI is InChI=1S/C18H28N4O/c1-17-8-18(2,10-21(3)9-17)12-22(11-17)16-6-15(19-13-20-16)14-4-5-23-7-14/h6,13-14H,4-5,7-12H2,1-3H3. The molecule has 0 N–H and O–H groups in total. The van der Waals surface area contributed by atoms with Gasteiger partial charge < -0.3 is 14.5 Å². The largest absolute Gasteiger partial charge is 0.381 e. The number of aromatic nitrogens is 2. The normalized spacial score (nSPS) is 38.0. The van der Waals surface area contributed by atoms with E-state index in [9.17, 15) is 0 Å². The molecule has 4 rings (SSSR count). The summed E-state index contributed by atoms with van der Waals surface area (Å²) in [5.74, 6) is 1.54. The lowest BCUT2D eigenvalue weighted by molar-refractivity contribution is 0.00505. The summed E-state index contributed by atoms with van der Waals surface area (Å²) >= 11 is 0. The molecule has 4 heterocycles. The van der Waals surface area contributed by atoms with Gasteiger partial charge in [-0.1, -0.05) is 13.8 Å². The quantitative estimate of drug-likeness (QED) is 0.836. The summed E-state index contributed by atoms with van der Waals surface area (Å²) in [7, 11) is 2.26. The first kappa shape index (κ1) is 15.3. The molecule has 0 saturated carbocycles. The summed E-state index contributed by atoms with van der Waals surface area (Å²) in [5.41, 5.74) is 1.85. The lowest BCUT2D eigenvalue weighted by Gasteiger charge is -2.56. The number of likely N-dealkylation sites (tertiary alicyclic amines) is 1. The molecule has 0 radical (unpaired) electrons. The molecule has 0 aliphatic carbocycles. The Morgan fingerprint density at radius 1 is 1.13 bits per heavy atom. The fourth-order valence-electron chi connectivity index (χ4n) is 5.38. The van der Waals surface area contributed by atoms with Crippen molar-refractivity contribution < 1.29 is 4.74 Å². The van der Waals surface area contributed by atoms with E-state index in [0.29, 0.717) is 16.7 Å². The lowest BCUT2D eigenvalue weighted by atomic mass is 9.65. The Morgan fingerprint density at radius 3 is 2.52 bits per heavy atom. The van der Waals surface area contributed by atoms with E-state index in [-0.39, 0.29) is 0 Å². The van der Waals surface area contributed by atoms with Gasteiger partial charge in [0.05, 0.1) is 12.3 Å². The molecular weight excluding hydrogens is 288 g/mol. The van der Waals surface area contributed by atoms with Crippen LogP contribution in [0.2, 0.25) is 0 Å². The monoisotopic (exact) mass is 316 g/mol. The number of piperidine rings is 2. The van der Waals surface area contributed by atoms with E-state index in [2.05, 4.69) is 46.7 Å². The van der Waals surface area contributed by atoms with Gasteiger partial charge in [-0.3, -0.25) is 0 Å². The van der Waals surface area contributed by atoms with Gasteiger partial charge in [0.25, 0.3) is 0 Å². The van der Waals surface area contributed by atoms with Crippen LogP contribution in [0.4, 0.5) is 5.82 Å². The number of ether oxygens (including phenoxy) is 1. The van der Waals surface area contributed by atoms with E-state index < -0.39 is 0 Å². The van der Waals surface area contributed by atoms with Gasteiger partial charge in [0.1, 0.15) is 12.1 Å². The predicted molar refractivity (Wildman–Crippen MR) is 90.8 cm³/mol. The Morgan fingerprint density at radius 2 is 1.87 bits per heavy atom. The molecular formula is C18H28N4O. The van der Waals surface area contributed by atoms with Crippen molar-refractivity contribution in [1.82, 2.24) is 14.9 Å². The average Bonchev–Trinajstić information content (AvgIpc) is 2.98. The van der Waals surface area contributed by atoms with E-state index in [1.165, 1.54) is 19.5 Å². The van der Waals surface area contributed by atoms with Crippen molar-refractivity contribution in [3.8, 4) is 0 Å². The van der Waals surface area contributed by atoms with Crippen LogP contribution in [0.3, 0.4) is 0 Å². The van der Waals surface area contributed by atoms with Crippen LogP contribution in [-0.2, 0) is 4.74 Å². The highest BCUT2D eigenvalue weighted by Crippen LogP contribution is 2.45. The Labute approximate surface area is 139 Å². The third kappa shape index (κ3) is 2.96. The van der Waals surface area contributed by atoms with Gasteiger partial charge in [-0.2, -0.15) is 0 Å². The summed E-state index contributed by atoms with van der Waals surface area (Å²) < 4.78 is 5.52. The van der Waals surface area contributed by atoms with Crippen LogP contribution in [-0.4, -0.2) is 61.3 Å². The van der Waals surface area contributed by atoms with Gasteiger partial charge >= 0.3 is 0 Å².